The van der Waals surface area contributed by atoms with E-state index in [1.165, 1.54) is 12.1 Å². The van der Waals surface area contributed by atoms with E-state index in [0.29, 0.717) is 12.0 Å². The van der Waals surface area contributed by atoms with Crippen molar-refractivity contribution in [1.82, 2.24) is 0 Å². The highest BCUT2D eigenvalue weighted by Crippen LogP contribution is 2.17. The molecule has 0 radical (unpaired) electrons. The van der Waals surface area contributed by atoms with Crippen molar-refractivity contribution >= 4 is 0 Å². The molecule has 0 N–H and O–H groups in total. The van der Waals surface area contributed by atoms with Gasteiger partial charge in [0, 0.05) is 0 Å². The summed E-state index contributed by atoms with van der Waals surface area (Å²) in [6.07, 6.45) is 4.85. The molecule has 0 unspecified atom stereocenters. The Bertz CT molecular complexity index is 425. The van der Waals surface area contributed by atoms with Crippen molar-refractivity contribution in [3.05, 3.63) is 34.9 Å². The van der Waals surface area contributed by atoms with Crippen molar-refractivity contribution in [3.63, 3.8) is 0 Å². The summed E-state index contributed by atoms with van der Waals surface area (Å²) in [5.41, 5.74) is 0.600. The van der Waals surface area contributed by atoms with Crippen LogP contribution in [0.2, 0.25) is 0 Å². The molecule has 0 spiro atoms. The van der Waals surface area contributed by atoms with Crippen molar-refractivity contribution in [1.29, 1.82) is 0 Å². The number of halogens is 2. The molecule has 0 aliphatic heterocycles. The second-order valence-electron chi connectivity index (χ2n) is 4.11. The molecular weight excluding hydrogens is 218 g/mol. The van der Waals surface area contributed by atoms with E-state index in [1.807, 2.05) is 0 Å². The lowest BCUT2D eigenvalue weighted by molar-refractivity contribution is 0.572. The number of hydrogen-bond donors (Lipinski definition) is 0. The lowest BCUT2D eigenvalue weighted by Gasteiger charge is -2.05. The summed E-state index contributed by atoms with van der Waals surface area (Å²) < 4.78 is 27.2. The molecule has 0 heterocycles. The van der Waals surface area contributed by atoms with Gasteiger partial charge in [-0.25, -0.2) is 8.78 Å². The normalized spacial score (nSPS) is 9.88. The van der Waals surface area contributed by atoms with E-state index in [9.17, 15) is 8.78 Å². The summed E-state index contributed by atoms with van der Waals surface area (Å²) in [7, 11) is 0. The Morgan fingerprint density at radius 3 is 2.47 bits per heavy atom. The lowest BCUT2D eigenvalue weighted by atomic mass is 10.0. The zero-order valence-electron chi connectivity index (χ0n) is 10.4. The average Bonchev–Trinajstić information content (AvgIpc) is 2.30. The van der Waals surface area contributed by atoms with Crippen LogP contribution in [0.1, 0.15) is 50.7 Å². The summed E-state index contributed by atoms with van der Waals surface area (Å²) in [5.74, 6) is 4.36. The van der Waals surface area contributed by atoms with Crippen LogP contribution >= 0.6 is 0 Å². The number of unbranched alkanes of at least 4 members (excludes halogenated alkanes) is 3. The van der Waals surface area contributed by atoms with Crippen molar-refractivity contribution in [2.75, 3.05) is 0 Å². The molecule has 1 aromatic carbocycles. The largest absolute Gasteiger partial charge is 0.207 e. The van der Waals surface area contributed by atoms with Crippen LogP contribution in [0.3, 0.4) is 0 Å². The van der Waals surface area contributed by atoms with Gasteiger partial charge in [0.2, 0.25) is 0 Å². The first-order chi connectivity index (χ1) is 8.19. The van der Waals surface area contributed by atoms with Crippen LogP contribution in [0.5, 0.6) is 0 Å². The van der Waals surface area contributed by atoms with E-state index < -0.39 is 5.82 Å². The fraction of sp³-hybridized carbons (Fsp3) is 0.467. The van der Waals surface area contributed by atoms with Crippen molar-refractivity contribution < 1.29 is 8.78 Å². The Hall–Kier alpha value is -1.36. The fourth-order valence-electron chi connectivity index (χ4n) is 1.75. The molecule has 1 aromatic rings. The quantitative estimate of drug-likeness (QED) is 0.523. The smallest absolute Gasteiger partial charge is 0.139 e. The van der Waals surface area contributed by atoms with Crippen LogP contribution < -0.4 is 0 Å². The lowest BCUT2D eigenvalue weighted by Crippen LogP contribution is -1.96. The van der Waals surface area contributed by atoms with E-state index in [2.05, 4.69) is 18.8 Å². The third kappa shape index (κ3) is 4.19. The van der Waals surface area contributed by atoms with Crippen LogP contribution in [0, 0.1) is 23.5 Å². The zero-order chi connectivity index (χ0) is 12.7. The minimum absolute atomic E-state index is 0.141. The van der Waals surface area contributed by atoms with E-state index in [-0.39, 0.29) is 11.4 Å². The van der Waals surface area contributed by atoms with Gasteiger partial charge in [-0.2, -0.15) is 0 Å². The van der Waals surface area contributed by atoms with Crippen molar-refractivity contribution in [3.8, 4) is 11.8 Å². The maximum absolute atomic E-state index is 13.6. The standard InChI is InChI=1S/C15H18F2/c1-3-5-6-7-9-13-11-14(16)12(8-4-2)10-15(13)17/h10-11H,3,5-7,9H2,1-2H3. The van der Waals surface area contributed by atoms with E-state index in [4.69, 9.17) is 0 Å². The van der Waals surface area contributed by atoms with Gasteiger partial charge in [-0.3, -0.25) is 0 Å². The summed E-state index contributed by atoms with van der Waals surface area (Å²) in [4.78, 5) is 0. The van der Waals surface area contributed by atoms with Gasteiger partial charge in [-0.05, 0) is 37.5 Å². The Balaban J connectivity index is 2.73. The molecule has 17 heavy (non-hydrogen) atoms. The third-order valence-electron chi connectivity index (χ3n) is 2.70. The number of aryl methyl sites for hydroxylation is 1. The fourth-order valence-corrected chi connectivity index (χ4v) is 1.75. The zero-order valence-corrected chi connectivity index (χ0v) is 10.4. The topological polar surface area (TPSA) is 0 Å². The number of benzene rings is 1. The highest BCUT2D eigenvalue weighted by molar-refractivity contribution is 5.38. The molecule has 0 aliphatic carbocycles. The van der Waals surface area contributed by atoms with Crippen molar-refractivity contribution in [2.24, 2.45) is 0 Å². The first-order valence-electron chi connectivity index (χ1n) is 6.09. The summed E-state index contributed by atoms with van der Waals surface area (Å²) >= 11 is 0. The highest BCUT2D eigenvalue weighted by Gasteiger charge is 2.08. The maximum Gasteiger partial charge on any atom is 0.139 e. The molecule has 0 saturated carbocycles. The van der Waals surface area contributed by atoms with E-state index in [0.717, 1.165) is 25.7 Å². The molecule has 0 aromatic heterocycles. The monoisotopic (exact) mass is 236 g/mol. The maximum atomic E-state index is 13.6. The Kier molecular flexibility index (Phi) is 5.69. The minimum Gasteiger partial charge on any atom is -0.207 e. The van der Waals surface area contributed by atoms with E-state index >= 15 is 0 Å². The molecule has 0 amide bonds. The summed E-state index contributed by atoms with van der Waals surface area (Å²) in [6.45, 7) is 3.73. The minimum atomic E-state index is -0.425. The summed E-state index contributed by atoms with van der Waals surface area (Å²) in [5, 5.41) is 0. The number of hydrogen-bond acceptors (Lipinski definition) is 0. The van der Waals surface area contributed by atoms with Gasteiger partial charge in [-0.15, -0.1) is 5.92 Å². The molecule has 0 aliphatic rings. The Morgan fingerprint density at radius 1 is 1.06 bits per heavy atom. The second-order valence-corrected chi connectivity index (χ2v) is 4.11. The molecule has 92 valence electrons. The van der Waals surface area contributed by atoms with Crippen molar-refractivity contribution in [2.45, 2.75) is 46.0 Å². The first-order valence-corrected chi connectivity index (χ1v) is 6.09. The SMILES string of the molecule is CC#Cc1cc(F)c(CCCCCC)cc1F. The molecule has 0 bridgehead atoms. The predicted octanol–water partition coefficient (Wildman–Crippen LogP) is 4.46. The molecule has 2 heteroatoms. The van der Waals surface area contributed by atoms with Gasteiger partial charge in [0.1, 0.15) is 11.6 Å². The van der Waals surface area contributed by atoms with Crippen LogP contribution in [0.4, 0.5) is 8.78 Å². The molecule has 1 rings (SSSR count). The van der Waals surface area contributed by atoms with Gasteiger partial charge >= 0.3 is 0 Å². The van der Waals surface area contributed by atoms with Gasteiger partial charge in [-0.1, -0.05) is 32.1 Å². The Labute approximate surface area is 102 Å². The van der Waals surface area contributed by atoms with Gasteiger partial charge < -0.3 is 0 Å². The third-order valence-corrected chi connectivity index (χ3v) is 2.70. The van der Waals surface area contributed by atoms with Gasteiger partial charge in [0.05, 0.1) is 5.56 Å². The number of rotatable bonds is 5. The van der Waals surface area contributed by atoms with E-state index in [1.54, 1.807) is 6.92 Å². The molecular formula is C15H18F2. The predicted molar refractivity (Wildman–Crippen MR) is 66.8 cm³/mol. The first kappa shape index (κ1) is 13.7. The highest BCUT2D eigenvalue weighted by atomic mass is 19.1. The van der Waals surface area contributed by atoms with Gasteiger partial charge in [0.15, 0.2) is 0 Å². The average molecular weight is 236 g/mol. The molecule has 0 fully saturated rings. The molecule has 0 atom stereocenters. The Morgan fingerprint density at radius 2 is 1.82 bits per heavy atom. The molecule has 0 nitrogen and oxygen atoms in total. The van der Waals surface area contributed by atoms with Crippen LogP contribution in [-0.4, -0.2) is 0 Å². The summed E-state index contributed by atoms with van der Waals surface area (Å²) in [6, 6.07) is 2.47. The molecule has 0 saturated heterocycles. The van der Waals surface area contributed by atoms with Crippen LogP contribution in [-0.2, 0) is 6.42 Å². The van der Waals surface area contributed by atoms with Crippen LogP contribution in [0.25, 0.3) is 0 Å². The van der Waals surface area contributed by atoms with Gasteiger partial charge in [0.25, 0.3) is 0 Å². The second kappa shape index (κ2) is 7.06. The van der Waals surface area contributed by atoms with Crippen LogP contribution in [0.15, 0.2) is 12.1 Å².